The van der Waals surface area contributed by atoms with E-state index in [1.807, 2.05) is 30.3 Å². The first-order chi connectivity index (χ1) is 11.5. The summed E-state index contributed by atoms with van der Waals surface area (Å²) in [6, 6.07) is 14.8. The van der Waals surface area contributed by atoms with E-state index >= 15 is 0 Å². The highest BCUT2D eigenvalue weighted by atomic mass is 16.6. The lowest BCUT2D eigenvalue weighted by atomic mass is 10.1. The Kier molecular flexibility index (Phi) is 5.47. The van der Waals surface area contributed by atoms with Crippen molar-refractivity contribution in [2.75, 3.05) is 5.32 Å². The Hall–Kier alpha value is -3.40. The Labute approximate surface area is 139 Å². The van der Waals surface area contributed by atoms with Crippen LogP contribution in [0.15, 0.2) is 48.5 Å². The van der Waals surface area contributed by atoms with Crippen LogP contribution < -0.4 is 10.6 Å². The summed E-state index contributed by atoms with van der Waals surface area (Å²) < 4.78 is 0. The number of nitro benzene ring substituents is 1. The lowest BCUT2D eigenvalue weighted by molar-refractivity contribution is -0.385. The molecule has 0 saturated carbocycles. The van der Waals surface area contributed by atoms with Crippen molar-refractivity contribution in [1.82, 2.24) is 5.32 Å². The predicted octanol–water partition coefficient (Wildman–Crippen LogP) is 2.58. The maximum absolute atomic E-state index is 12.1. The van der Waals surface area contributed by atoms with Gasteiger partial charge in [-0.1, -0.05) is 30.3 Å². The number of anilines is 1. The van der Waals surface area contributed by atoms with Crippen molar-refractivity contribution in [2.45, 2.75) is 19.5 Å². The van der Waals surface area contributed by atoms with Gasteiger partial charge in [0.25, 0.3) is 5.69 Å². The molecule has 0 bridgehead atoms. The summed E-state index contributed by atoms with van der Waals surface area (Å²) in [6.07, 6.45) is 0. The second-order valence-corrected chi connectivity index (χ2v) is 5.17. The van der Waals surface area contributed by atoms with Crippen LogP contribution >= 0.6 is 0 Å². The van der Waals surface area contributed by atoms with Crippen molar-refractivity contribution < 1.29 is 9.72 Å². The van der Waals surface area contributed by atoms with E-state index in [9.17, 15) is 14.9 Å². The topological polar surface area (TPSA) is 108 Å². The molecule has 1 atom stereocenters. The van der Waals surface area contributed by atoms with Gasteiger partial charge in [-0.05, 0) is 24.6 Å². The zero-order valence-corrected chi connectivity index (χ0v) is 13.0. The molecule has 1 amide bonds. The van der Waals surface area contributed by atoms with Crippen LogP contribution in [-0.2, 0) is 11.3 Å². The standard InChI is InChI=1S/C17H16N4O3/c1-12(17(22)19-11-13-5-3-2-4-6-13)20-15-7-8-16(21(23)24)14(9-15)10-18/h2-9,12,20H,11H2,1H3,(H,19,22)/t12-/m1/s1. The minimum absolute atomic E-state index is 0.0538. The fourth-order valence-corrected chi connectivity index (χ4v) is 2.13. The van der Waals surface area contributed by atoms with Gasteiger partial charge in [0.15, 0.2) is 0 Å². The third-order valence-electron chi connectivity index (χ3n) is 3.40. The van der Waals surface area contributed by atoms with E-state index in [4.69, 9.17) is 5.26 Å². The molecule has 0 fully saturated rings. The maximum Gasteiger partial charge on any atom is 0.287 e. The van der Waals surface area contributed by atoms with E-state index < -0.39 is 11.0 Å². The van der Waals surface area contributed by atoms with Crippen LogP contribution in [0.1, 0.15) is 18.1 Å². The van der Waals surface area contributed by atoms with Gasteiger partial charge in [0.1, 0.15) is 17.7 Å². The summed E-state index contributed by atoms with van der Waals surface area (Å²) in [5.74, 6) is -0.212. The Morgan fingerprint density at radius 1 is 1.29 bits per heavy atom. The van der Waals surface area contributed by atoms with Gasteiger partial charge in [-0.3, -0.25) is 14.9 Å². The largest absolute Gasteiger partial charge is 0.374 e. The average molecular weight is 324 g/mol. The molecule has 2 N–H and O–H groups in total. The first kappa shape index (κ1) is 17.0. The zero-order chi connectivity index (χ0) is 17.5. The molecule has 0 saturated heterocycles. The van der Waals surface area contributed by atoms with Gasteiger partial charge in [0.05, 0.1) is 4.92 Å². The molecule has 0 aliphatic rings. The van der Waals surface area contributed by atoms with Gasteiger partial charge >= 0.3 is 0 Å². The SMILES string of the molecule is C[C@@H](Nc1ccc([N+](=O)[O-])c(C#N)c1)C(=O)NCc1ccccc1. The van der Waals surface area contributed by atoms with Crippen LogP contribution in [0.5, 0.6) is 0 Å². The highest BCUT2D eigenvalue weighted by Gasteiger charge is 2.16. The molecule has 0 unspecified atom stereocenters. The van der Waals surface area contributed by atoms with Crippen molar-refractivity contribution in [3.63, 3.8) is 0 Å². The summed E-state index contributed by atoms with van der Waals surface area (Å²) in [6.45, 7) is 2.09. The molecule has 0 aliphatic carbocycles. The predicted molar refractivity (Wildman–Crippen MR) is 89.2 cm³/mol. The van der Waals surface area contributed by atoms with Gasteiger partial charge < -0.3 is 10.6 Å². The molecule has 2 aromatic carbocycles. The Bertz CT molecular complexity index is 784. The minimum atomic E-state index is -0.613. The van der Waals surface area contributed by atoms with E-state index in [1.165, 1.54) is 18.2 Å². The molecular formula is C17H16N4O3. The van der Waals surface area contributed by atoms with Crippen LogP contribution in [0.2, 0.25) is 0 Å². The van der Waals surface area contributed by atoms with Crippen molar-refractivity contribution in [3.05, 3.63) is 69.8 Å². The molecule has 0 spiro atoms. The van der Waals surface area contributed by atoms with E-state index in [0.29, 0.717) is 12.2 Å². The van der Waals surface area contributed by atoms with Crippen LogP contribution in [0, 0.1) is 21.4 Å². The number of amides is 1. The minimum Gasteiger partial charge on any atom is -0.374 e. The van der Waals surface area contributed by atoms with Gasteiger partial charge in [-0.2, -0.15) is 5.26 Å². The molecule has 7 heteroatoms. The third kappa shape index (κ3) is 4.30. The highest BCUT2D eigenvalue weighted by molar-refractivity contribution is 5.84. The second-order valence-electron chi connectivity index (χ2n) is 5.17. The third-order valence-corrected chi connectivity index (χ3v) is 3.40. The van der Waals surface area contributed by atoms with E-state index in [1.54, 1.807) is 13.0 Å². The molecule has 0 heterocycles. The number of nitro groups is 1. The van der Waals surface area contributed by atoms with E-state index in [-0.39, 0.29) is 17.2 Å². The first-order valence-corrected chi connectivity index (χ1v) is 7.28. The molecule has 7 nitrogen and oxygen atoms in total. The number of nitrogens with zero attached hydrogens (tertiary/aromatic N) is 2. The van der Waals surface area contributed by atoms with Crippen LogP contribution in [-0.4, -0.2) is 16.9 Å². The average Bonchev–Trinajstić information content (AvgIpc) is 2.60. The monoisotopic (exact) mass is 324 g/mol. The van der Waals surface area contributed by atoms with Crippen LogP contribution in [0.4, 0.5) is 11.4 Å². The van der Waals surface area contributed by atoms with Crippen molar-refractivity contribution in [2.24, 2.45) is 0 Å². The molecule has 0 aliphatic heterocycles. The number of nitriles is 1. The number of nitrogens with one attached hydrogen (secondary N) is 2. The Balaban J connectivity index is 1.98. The van der Waals surface area contributed by atoms with Crippen LogP contribution in [0.3, 0.4) is 0 Å². The lowest BCUT2D eigenvalue weighted by Crippen LogP contribution is -2.37. The maximum atomic E-state index is 12.1. The van der Waals surface area contributed by atoms with E-state index in [2.05, 4.69) is 10.6 Å². The van der Waals surface area contributed by atoms with Gasteiger partial charge in [-0.15, -0.1) is 0 Å². The van der Waals surface area contributed by atoms with Crippen LogP contribution in [0.25, 0.3) is 0 Å². The molecule has 0 radical (unpaired) electrons. The second kappa shape index (κ2) is 7.74. The number of carbonyl (C=O) groups is 1. The van der Waals surface area contributed by atoms with Crippen molar-refractivity contribution in [1.29, 1.82) is 5.26 Å². The fraction of sp³-hybridized carbons (Fsp3) is 0.176. The summed E-state index contributed by atoms with van der Waals surface area (Å²) in [4.78, 5) is 22.3. The molecule has 2 aromatic rings. The summed E-state index contributed by atoms with van der Waals surface area (Å²) in [5, 5.41) is 25.5. The Morgan fingerprint density at radius 2 is 2.00 bits per heavy atom. The molecular weight excluding hydrogens is 308 g/mol. The quantitative estimate of drug-likeness (QED) is 0.627. The number of rotatable bonds is 6. The molecule has 0 aromatic heterocycles. The van der Waals surface area contributed by atoms with E-state index in [0.717, 1.165) is 5.56 Å². The Morgan fingerprint density at radius 3 is 2.62 bits per heavy atom. The normalized spacial score (nSPS) is 11.2. The highest BCUT2D eigenvalue weighted by Crippen LogP contribution is 2.22. The van der Waals surface area contributed by atoms with Crippen molar-refractivity contribution in [3.8, 4) is 6.07 Å². The summed E-state index contributed by atoms with van der Waals surface area (Å²) in [7, 11) is 0. The number of carbonyl (C=O) groups excluding carboxylic acids is 1. The molecule has 2 rings (SSSR count). The summed E-state index contributed by atoms with van der Waals surface area (Å²) >= 11 is 0. The van der Waals surface area contributed by atoms with Gasteiger partial charge in [-0.25, -0.2) is 0 Å². The number of hydrogen-bond donors (Lipinski definition) is 2. The smallest absolute Gasteiger partial charge is 0.287 e. The molecule has 122 valence electrons. The zero-order valence-electron chi connectivity index (χ0n) is 13.0. The van der Waals surface area contributed by atoms with Gasteiger partial charge in [0.2, 0.25) is 5.91 Å². The number of hydrogen-bond acceptors (Lipinski definition) is 5. The fourth-order valence-electron chi connectivity index (χ4n) is 2.13. The molecule has 24 heavy (non-hydrogen) atoms. The summed E-state index contributed by atoms with van der Waals surface area (Å²) in [5.41, 5.74) is 1.14. The van der Waals surface area contributed by atoms with Gasteiger partial charge in [0, 0.05) is 18.3 Å². The first-order valence-electron chi connectivity index (χ1n) is 7.28. The van der Waals surface area contributed by atoms with Crippen molar-refractivity contribution >= 4 is 17.3 Å². The number of benzene rings is 2. The lowest BCUT2D eigenvalue weighted by Gasteiger charge is -2.15.